The third-order valence-electron chi connectivity index (χ3n) is 3.52. The number of hydrogen-bond acceptors (Lipinski definition) is 3. The Kier molecular flexibility index (Phi) is 3.41. The van der Waals surface area contributed by atoms with E-state index in [0.717, 1.165) is 36.3 Å². The third kappa shape index (κ3) is 2.52. The van der Waals surface area contributed by atoms with Crippen LogP contribution in [0.25, 0.3) is 0 Å². The predicted octanol–water partition coefficient (Wildman–Crippen LogP) is 1.71. The Morgan fingerprint density at radius 2 is 2.35 bits per heavy atom. The molecule has 0 bridgehead atoms. The van der Waals surface area contributed by atoms with Crippen molar-refractivity contribution in [2.75, 3.05) is 11.9 Å². The van der Waals surface area contributed by atoms with E-state index in [0.29, 0.717) is 6.54 Å². The molecule has 1 aromatic heterocycles. The van der Waals surface area contributed by atoms with Crippen LogP contribution in [-0.2, 0) is 20.0 Å². The van der Waals surface area contributed by atoms with Crippen LogP contribution in [0.4, 0.5) is 5.69 Å². The highest BCUT2D eigenvalue weighted by atomic mass is 16.1. The number of benzene rings is 1. The zero-order chi connectivity index (χ0) is 13.9. The van der Waals surface area contributed by atoms with Crippen molar-refractivity contribution in [1.82, 2.24) is 15.1 Å². The summed E-state index contributed by atoms with van der Waals surface area (Å²) in [6.45, 7) is 1.38. The second kappa shape index (κ2) is 5.36. The van der Waals surface area contributed by atoms with E-state index in [9.17, 15) is 4.79 Å². The summed E-state index contributed by atoms with van der Waals surface area (Å²) >= 11 is 0. The summed E-state index contributed by atoms with van der Waals surface area (Å²) in [5, 5.41) is 10.5. The van der Waals surface area contributed by atoms with Gasteiger partial charge in [-0.25, -0.2) is 0 Å². The molecular weight excluding hydrogens is 252 g/mol. The molecule has 1 aliphatic heterocycles. The summed E-state index contributed by atoms with van der Waals surface area (Å²) in [5.41, 5.74) is 3.79. The van der Waals surface area contributed by atoms with Crippen LogP contribution in [-0.4, -0.2) is 22.2 Å². The smallest absolute Gasteiger partial charge is 0.253 e. The molecule has 0 atom stereocenters. The lowest BCUT2D eigenvalue weighted by molar-refractivity contribution is 0.0951. The quantitative estimate of drug-likeness (QED) is 0.892. The minimum atomic E-state index is -0.0538. The molecule has 0 radical (unpaired) electrons. The normalized spacial score (nSPS) is 13.4. The predicted molar refractivity (Wildman–Crippen MR) is 77.6 cm³/mol. The Morgan fingerprint density at radius 1 is 1.45 bits per heavy atom. The van der Waals surface area contributed by atoms with Crippen molar-refractivity contribution < 1.29 is 4.79 Å². The second-order valence-corrected chi connectivity index (χ2v) is 5.03. The first-order valence-corrected chi connectivity index (χ1v) is 6.86. The monoisotopic (exact) mass is 270 g/mol. The summed E-state index contributed by atoms with van der Waals surface area (Å²) in [4.78, 5) is 12.3. The number of aryl methyl sites for hydroxylation is 2. The number of nitrogens with zero attached hydrogens (tertiary/aromatic N) is 2. The van der Waals surface area contributed by atoms with Gasteiger partial charge in [0.1, 0.15) is 0 Å². The van der Waals surface area contributed by atoms with Gasteiger partial charge in [-0.1, -0.05) is 12.1 Å². The molecule has 5 heteroatoms. The summed E-state index contributed by atoms with van der Waals surface area (Å²) < 4.78 is 1.73. The van der Waals surface area contributed by atoms with E-state index in [1.54, 1.807) is 4.68 Å². The van der Waals surface area contributed by atoms with E-state index in [1.165, 1.54) is 5.56 Å². The second-order valence-electron chi connectivity index (χ2n) is 5.03. The number of para-hydroxylation sites is 1. The maximum absolute atomic E-state index is 12.3. The molecule has 3 rings (SSSR count). The van der Waals surface area contributed by atoms with Crippen LogP contribution < -0.4 is 10.6 Å². The Balaban J connectivity index is 1.74. The first-order valence-electron chi connectivity index (χ1n) is 6.86. The average molecular weight is 270 g/mol. The molecular formula is C15H18N4O. The molecule has 0 saturated heterocycles. The molecule has 2 N–H and O–H groups in total. The van der Waals surface area contributed by atoms with Crippen LogP contribution in [0, 0.1) is 0 Å². The van der Waals surface area contributed by atoms with Gasteiger partial charge in [0.25, 0.3) is 5.91 Å². The van der Waals surface area contributed by atoms with Crippen LogP contribution in [0.1, 0.15) is 28.0 Å². The molecule has 0 spiro atoms. The highest BCUT2D eigenvalue weighted by Gasteiger charge is 2.17. The van der Waals surface area contributed by atoms with Gasteiger partial charge >= 0.3 is 0 Å². The number of fused-ring (bicyclic) bond motifs is 1. The number of aromatic nitrogens is 2. The first kappa shape index (κ1) is 12.7. The van der Waals surface area contributed by atoms with Crippen molar-refractivity contribution in [1.29, 1.82) is 0 Å². The summed E-state index contributed by atoms with van der Waals surface area (Å²) in [5.74, 6) is -0.0538. The number of carbonyl (C=O) groups is 1. The van der Waals surface area contributed by atoms with Crippen LogP contribution >= 0.6 is 0 Å². The number of anilines is 1. The fraction of sp³-hybridized carbons (Fsp3) is 0.333. The standard InChI is InChI=1S/C15H18N4O/c1-19-9-7-12(18-19)10-17-15(20)13-6-2-4-11-5-3-8-16-14(11)13/h2,4,6-7,9,16H,3,5,8,10H2,1H3,(H,17,20). The molecule has 0 unspecified atom stereocenters. The van der Waals surface area contributed by atoms with E-state index in [4.69, 9.17) is 0 Å². The van der Waals surface area contributed by atoms with E-state index in [1.807, 2.05) is 31.4 Å². The molecule has 1 amide bonds. The molecule has 1 aromatic carbocycles. The van der Waals surface area contributed by atoms with Gasteiger partial charge in [0, 0.05) is 19.8 Å². The van der Waals surface area contributed by atoms with Crippen molar-refractivity contribution in [3.8, 4) is 0 Å². The largest absolute Gasteiger partial charge is 0.384 e. The molecule has 2 heterocycles. The van der Waals surface area contributed by atoms with Gasteiger partial charge in [-0.3, -0.25) is 9.48 Å². The molecule has 0 aliphatic carbocycles. The molecule has 20 heavy (non-hydrogen) atoms. The van der Waals surface area contributed by atoms with E-state index in [-0.39, 0.29) is 5.91 Å². The van der Waals surface area contributed by atoms with Crippen molar-refractivity contribution in [2.24, 2.45) is 7.05 Å². The third-order valence-corrected chi connectivity index (χ3v) is 3.52. The average Bonchev–Trinajstić information content (AvgIpc) is 2.90. The SMILES string of the molecule is Cn1ccc(CNC(=O)c2cccc3c2NCCC3)n1. The van der Waals surface area contributed by atoms with Gasteiger partial charge in [-0.05, 0) is 30.5 Å². The topological polar surface area (TPSA) is 59.0 Å². The van der Waals surface area contributed by atoms with Crippen molar-refractivity contribution >= 4 is 11.6 Å². The molecule has 5 nitrogen and oxygen atoms in total. The van der Waals surface area contributed by atoms with Gasteiger partial charge in [0.2, 0.25) is 0 Å². The number of nitrogens with one attached hydrogen (secondary N) is 2. The Morgan fingerprint density at radius 3 is 3.15 bits per heavy atom. The lowest BCUT2D eigenvalue weighted by Crippen LogP contribution is -2.25. The van der Waals surface area contributed by atoms with Crippen LogP contribution in [0.2, 0.25) is 0 Å². The van der Waals surface area contributed by atoms with Gasteiger partial charge in [0.15, 0.2) is 0 Å². The lowest BCUT2D eigenvalue weighted by Gasteiger charge is -2.20. The highest BCUT2D eigenvalue weighted by Crippen LogP contribution is 2.25. The Labute approximate surface area is 118 Å². The van der Waals surface area contributed by atoms with E-state index >= 15 is 0 Å². The van der Waals surface area contributed by atoms with Gasteiger partial charge in [-0.15, -0.1) is 0 Å². The molecule has 0 fully saturated rings. The van der Waals surface area contributed by atoms with Crippen LogP contribution in [0.15, 0.2) is 30.5 Å². The summed E-state index contributed by atoms with van der Waals surface area (Å²) in [7, 11) is 1.86. The minimum absolute atomic E-state index is 0.0538. The van der Waals surface area contributed by atoms with Crippen molar-refractivity contribution in [3.63, 3.8) is 0 Å². The highest BCUT2D eigenvalue weighted by molar-refractivity contribution is 6.00. The summed E-state index contributed by atoms with van der Waals surface area (Å²) in [6, 6.07) is 7.79. The van der Waals surface area contributed by atoms with Gasteiger partial charge in [0.05, 0.1) is 23.5 Å². The van der Waals surface area contributed by atoms with Crippen molar-refractivity contribution in [2.45, 2.75) is 19.4 Å². The molecule has 1 aliphatic rings. The Bertz CT molecular complexity index is 633. The lowest BCUT2D eigenvalue weighted by atomic mass is 9.99. The fourth-order valence-corrected chi connectivity index (χ4v) is 2.52. The van der Waals surface area contributed by atoms with Crippen LogP contribution in [0.5, 0.6) is 0 Å². The van der Waals surface area contributed by atoms with Crippen molar-refractivity contribution in [3.05, 3.63) is 47.3 Å². The Hall–Kier alpha value is -2.30. The van der Waals surface area contributed by atoms with Gasteiger partial charge < -0.3 is 10.6 Å². The maximum atomic E-state index is 12.3. The van der Waals surface area contributed by atoms with E-state index < -0.39 is 0 Å². The number of hydrogen-bond donors (Lipinski definition) is 2. The maximum Gasteiger partial charge on any atom is 0.253 e. The first-order chi connectivity index (χ1) is 9.74. The fourth-order valence-electron chi connectivity index (χ4n) is 2.52. The number of rotatable bonds is 3. The minimum Gasteiger partial charge on any atom is -0.384 e. The molecule has 2 aromatic rings. The zero-order valence-electron chi connectivity index (χ0n) is 11.5. The summed E-state index contributed by atoms with van der Waals surface area (Å²) in [6.07, 6.45) is 4.02. The van der Waals surface area contributed by atoms with Gasteiger partial charge in [-0.2, -0.15) is 5.10 Å². The van der Waals surface area contributed by atoms with E-state index in [2.05, 4.69) is 21.8 Å². The zero-order valence-corrected chi connectivity index (χ0v) is 11.5. The number of amides is 1. The molecule has 104 valence electrons. The van der Waals surface area contributed by atoms with Crippen LogP contribution in [0.3, 0.4) is 0 Å². The molecule has 0 saturated carbocycles. The number of carbonyl (C=O) groups excluding carboxylic acids is 1.